The van der Waals surface area contributed by atoms with Gasteiger partial charge in [0.05, 0.1) is 11.5 Å². The highest BCUT2D eigenvalue weighted by atomic mass is 19.1. The van der Waals surface area contributed by atoms with Crippen LogP contribution in [0.3, 0.4) is 0 Å². The number of aliphatic hydroxyl groups is 2. The number of ether oxygens (including phenoxy) is 1. The number of pyridine rings is 1. The number of hydrogen-bond donors (Lipinski definition) is 3. The van der Waals surface area contributed by atoms with E-state index < -0.39 is 41.5 Å². The van der Waals surface area contributed by atoms with Crippen molar-refractivity contribution in [3.63, 3.8) is 0 Å². The first-order valence-electron chi connectivity index (χ1n) is 6.22. The number of H-pyrrole nitrogens is 1. The fraction of sp³-hybridized carbons (Fsp3) is 0.417. The van der Waals surface area contributed by atoms with Crippen LogP contribution in [-0.2, 0) is 4.74 Å². The van der Waals surface area contributed by atoms with Crippen LogP contribution < -0.4 is 11.1 Å². The van der Waals surface area contributed by atoms with Gasteiger partial charge < -0.3 is 19.9 Å². The summed E-state index contributed by atoms with van der Waals surface area (Å²) in [5.41, 5.74) is -1.79. The predicted molar refractivity (Wildman–Crippen MR) is 68.2 cm³/mol. The lowest BCUT2D eigenvalue weighted by Gasteiger charge is -2.17. The first kappa shape index (κ1) is 13.9. The van der Waals surface area contributed by atoms with Crippen LogP contribution in [0.5, 0.6) is 0 Å². The van der Waals surface area contributed by atoms with E-state index in [9.17, 15) is 24.2 Å². The minimum atomic E-state index is -1.36. The zero-order valence-corrected chi connectivity index (χ0v) is 10.9. The Bertz CT molecular complexity index is 817. The van der Waals surface area contributed by atoms with Gasteiger partial charge in [0, 0.05) is 12.4 Å². The molecule has 1 aliphatic rings. The summed E-state index contributed by atoms with van der Waals surface area (Å²) in [4.78, 5) is 29.7. The lowest BCUT2D eigenvalue weighted by atomic mass is 10.1. The number of rotatable bonds is 1. The first-order chi connectivity index (χ1) is 9.90. The molecule has 1 fully saturated rings. The summed E-state index contributed by atoms with van der Waals surface area (Å²) in [6.45, 7) is 1.53. The number of fused-ring (bicyclic) bond motifs is 1. The lowest BCUT2D eigenvalue weighted by molar-refractivity contribution is -0.0347. The molecule has 2 aromatic rings. The van der Waals surface area contributed by atoms with Crippen molar-refractivity contribution >= 4 is 11.0 Å². The van der Waals surface area contributed by atoms with Crippen molar-refractivity contribution in [2.45, 2.75) is 31.5 Å². The number of aliphatic hydroxyl groups excluding tert-OH is 2. The van der Waals surface area contributed by atoms with E-state index in [2.05, 4.69) is 9.97 Å². The summed E-state index contributed by atoms with van der Waals surface area (Å²) in [5.74, 6) is -1.02. The Morgan fingerprint density at radius 2 is 2.10 bits per heavy atom. The molecule has 0 aromatic carbocycles. The smallest absolute Gasteiger partial charge is 0.351 e. The largest absolute Gasteiger partial charge is 0.388 e. The molecule has 21 heavy (non-hydrogen) atoms. The second kappa shape index (κ2) is 4.72. The predicted octanol–water partition coefficient (Wildman–Crippen LogP) is -1.14. The molecule has 1 unspecified atom stereocenters. The summed E-state index contributed by atoms with van der Waals surface area (Å²) in [5, 5.41) is 19.4. The Morgan fingerprint density at radius 3 is 2.71 bits per heavy atom. The number of aromatic nitrogens is 3. The van der Waals surface area contributed by atoms with E-state index in [0.29, 0.717) is 0 Å². The Hall–Kier alpha value is -2.10. The summed E-state index contributed by atoms with van der Waals surface area (Å²) >= 11 is 0. The highest BCUT2D eigenvalue weighted by Crippen LogP contribution is 2.28. The topological polar surface area (TPSA) is 117 Å². The molecule has 0 aliphatic carbocycles. The molecular formula is C12H12FN3O5. The molecule has 0 spiro atoms. The van der Waals surface area contributed by atoms with Gasteiger partial charge in [-0.05, 0) is 6.92 Å². The van der Waals surface area contributed by atoms with Crippen molar-refractivity contribution < 1.29 is 19.3 Å². The van der Waals surface area contributed by atoms with Crippen LogP contribution in [0.15, 0.2) is 22.0 Å². The maximum Gasteiger partial charge on any atom is 0.351 e. The Balaban J connectivity index is 2.20. The average molecular weight is 297 g/mol. The standard InChI is InChI=1S/C12H12FN3O5/c1-4-7(17)9(19)11(21-4)16-3-5-8(18)6(13)2-14-10(5)15-12(16)20/h2-4,7,9,11,17,19H,1H3,(H,14,15,20)/t4-,7?,9+,11-/m1/s1. The van der Waals surface area contributed by atoms with E-state index >= 15 is 0 Å². The molecular weight excluding hydrogens is 285 g/mol. The van der Waals surface area contributed by atoms with Gasteiger partial charge in [0.1, 0.15) is 17.9 Å². The third-order valence-corrected chi connectivity index (χ3v) is 3.50. The van der Waals surface area contributed by atoms with E-state index in [-0.39, 0.29) is 11.0 Å². The summed E-state index contributed by atoms with van der Waals surface area (Å²) in [6.07, 6.45) is -2.55. The number of nitrogens with zero attached hydrogens (tertiary/aromatic N) is 2. The molecule has 3 rings (SSSR count). The molecule has 0 saturated carbocycles. The molecule has 0 amide bonds. The fourth-order valence-corrected chi connectivity index (χ4v) is 2.31. The highest BCUT2D eigenvalue weighted by molar-refractivity contribution is 5.72. The Labute approximate surface area is 116 Å². The maximum absolute atomic E-state index is 13.3. The Morgan fingerprint density at radius 1 is 1.38 bits per heavy atom. The minimum absolute atomic E-state index is 0.0660. The van der Waals surface area contributed by atoms with E-state index in [0.717, 1.165) is 17.0 Å². The molecule has 2 aromatic heterocycles. The molecule has 0 bridgehead atoms. The van der Waals surface area contributed by atoms with Gasteiger partial charge in [0.2, 0.25) is 5.43 Å². The number of nitrogens with one attached hydrogen (secondary N) is 1. The van der Waals surface area contributed by atoms with E-state index in [1.165, 1.54) is 6.92 Å². The van der Waals surface area contributed by atoms with Crippen molar-refractivity contribution in [2.75, 3.05) is 0 Å². The van der Waals surface area contributed by atoms with Gasteiger partial charge in [-0.15, -0.1) is 0 Å². The van der Waals surface area contributed by atoms with Crippen molar-refractivity contribution in [3.05, 3.63) is 38.9 Å². The van der Waals surface area contributed by atoms with E-state index in [4.69, 9.17) is 4.74 Å². The van der Waals surface area contributed by atoms with Gasteiger partial charge in [-0.3, -0.25) is 9.36 Å². The molecule has 8 nitrogen and oxygen atoms in total. The number of halogens is 1. The molecule has 4 atom stereocenters. The summed E-state index contributed by atoms with van der Waals surface area (Å²) in [7, 11) is 0. The van der Waals surface area contributed by atoms with Crippen LogP contribution in [-0.4, -0.2) is 43.1 Å². The van der Waals surface area contributed by atoms with Crippen molar-refractivity contribution in [1.29, 1.82) is 0 Å². The quantitative estimate of drug-likeness (QED) is 0.612. The molecule has 3 heterocycles. The zero-order valence-electron chi connectivity index (χ0n) is 10.9. The molecule has 112 valence electrons. The molecule has 3 N–H and O–H groups in total. The second-order valence-electron chi connectivity index (χ2n) is 4.87. The van der Waals surface area contributed by atoms with Gasteiger partial charge >= 0.3 is 5.69 Å². The van der Waals surface area contributed by atoms with E-state index in [1.54, 1.807) is 0 Å². The SMILES string of the molecule is C[C@H]1O[C@@H](n2cc3c(=O)c(F)c[nH]c3nc2=O)[C@@H](O)C1O. The van der Waals surface area contributed by atoms with Crippen LogP contribution in [0, 0.1) is 5.82 Å². The Kier molecular flexibility index (Phi) is 3.12. The third-order valence-electron chi connectivity index (χ3n) is 3.50. The molecule has 1 aliphatic heterocycles. The first-order valence-corrected chi connectivity index (χ1v) is 6.22. The third kappa shape index (κ3) is 2.06. The molecule has 0 radical (unpaired) electrons. The van der Waals surface area contributed by atoms with E-state index in [1.807, 2.05) is 0 Å². The van der Waals surface area contributed by atoms with Gasteiger partial charge in [-0.1, -0.05) is 0 Å². The summed E-state index contributed by atoms with van der Waals surface area (Å²) < 4.78 is 19.4. The molecule has 1 saturated heterocycles. The maximum atomic E-state index is 13.3. The van der Waals surface area contributed by atoms with Gasteiger partial charge in [-0.2, -0.15) is 4.98 Å². The monoisotopic (exact) mass is 297 g/mol. The lowest BCUT2D eigenvalue weighted by Crippen LogP contribution is -2.35. The number of aromatic amines is 1. The van der Waals surface area contributed by atoms with Crippen LogP contribution >= 0.6 is 0 Å². The van der Waals surface area contributed by atoms with Gasteiger partial charge in [0.25, 0.3) is 0 Å². The van der Waals surface area contributed by atoms with Crippen molar-refractivity contribution in [2.24, 2.45) is 0 Å². The average Bonchev–Trinajstić information content (AvgIpc) is 2.70. The normalized spacial score (nSPS) is 29.1. The van der Waals surface area contributed by atoms with Gasteiger partial charge in [-0.25, -0.2) is 9.18 Å². The summed E-state index contributed by atoms with van der Waals surface area (Å²) in [6, 6.07) is 0. The van der Waals surface area contributed by atoms with Crippen molar-refractivity contribution in [1.82, 2.24) is 14.5 Å². The minimum Gasteiger partial charge on any atom is -0.388 e. The second-order valence-corrected chi connectivity index (χ2v) is 4.87. The van der Waals surface area contributed by atoms with Crippen LogP contribution in [0.1, 0.15) is 13.2 Å². The van der Waals surface area contributed by atoms with Gasteiger partial charge in [0.15, 0.2) is 12.0 Å². The zero-order chi connectivity index (χ0) is 15.3. The number of hydrogen-bond acceptors (Lipinski definition) is 6. The van der Waals surface area contributed by atoms with Crippen LogP contribution in [0.4, 0.5) is 4.39 Å². The van der Waals surface area contributed by atoms with Crippen LogP contribution in [0.2, 0.25) is 0 Å². The van der Waals surface area contributed by atoms with Crippen LogP contribution in [0.25, 0.3) is 11.0 Å². The molecule has 9 heteroatoms. The highest BCUT2D eigenvalue weighted by Gasteiger charge is 2.41. The fourth-order valence-electron chi connectivity index (χ4n) is 2.31. The van der Waals surface area contributed by atoms with Crippen molar-refractivity contribution in [3.8, 4) is 0 Å².